The summed E-state index contributed by atoms with van der Waals surface area (Å²) in [5.41, 5.74) is 1.75. The van der Waals surface area contributed by atoms with Gasteiger partial charge in [-0.05, 0) is 36.2 Å². The van der Waals surface area contributed by atoms with Crippen molar-refractivity contribution in [2.24, 2.45) is 4.99 Å². The molecule has 0 spiro atoms. The lowest BCUT2D eigenvalue weighted by Crippen LogP contribution is -2.46. The van der Waals surface area contributed by atoms with Gasteiger partial charge < -0.3 is 25.6 Å². The molecule has 1 aliphatic rings. The fourth-order valence-corrected chi connectivity index (χ4v) is 3.65. The van der Waals surface area contributed by atoms with Gasteiger partial charge in [-0.1, -0.05) is 24.3 Å². The smallest absolute Gasteiger partial charge is 0.224 e. The highest BCUT2D eigenvalue weighted by molar-refractivity contribution is 5.80. The summed E-state index contributed by atoms with van der Waals surface area (Å²) < 4.78 is 18.7. The van der Waals surface area contributed by atoms with E-state index in [0.29, 0.717) is 24.6 Å². The highest BCUT2D eigenvalue weighted by atomic mass is 19.1. The summed E-state index contributed by atoms with van der Waals surface area (Å²) in [4.78, 5) is 18.6. The van der Waals surface area contributed by atoms with Crippen LogP contribution in [0.1, 0.15) is 12.0 Å². The normalized spacial score (nSPS) is 16.2. The number of aliphatic imine (C=N–C) groups is 1. The number of nitrogens with one attached hydrogen (secondary N) is 3. The molecule has 3 N–H and O–H groups in total. The zero-order chi connectivity index (χ0) is 22.1. The molecule has 1 fully saturated rings. The van der Waals surface area contributed by atoms with Crippen LogP contribution >= 0.6 is 0 Å². The number of nitrogens with zero attached hydrogens (tertiary/aromatic N) is 2. The molecular weight excluding hydrogens is 397 g/mol. The van der Waals surface area contributed by atoms with Gasteiger partial charge in [-0.3, -0.25) is 9.79 Å². The summed E-state index contributed by atoms with van der Waals surface area (Å²) >= 11 is 0. The van der Waals surface area contributed by atoms with E-state index in [9.17, 15) is 9.18 Å². The number of hydrogen-bond donors (Lipinski definition) is 3. The Bertz CT molecular complexity index is 905. The molecule has 1 heterocycles. The van der Waals surface area contributed by atoms with Gasteiger partial charge in [0.05, 0.1) is 19.2 Å². The van der Waals surface area contributed by atoms with Gasteiger partial charge in [0.1, 0.15) is 11.6 Å². The molecule has 1 atom stereocenters. The molecule has 2 aromatic rings. The second-order valence-corrected chi connectivity index (χ2v) is 7.40. The molecule has 166 valence electrons. The maximum absolute atomic E-state index is 13.2. The van der Waals surface area contributed by atoms with Crippen LogP contribution in [-0.4, -0.2) is 58.2 Å². The summed E-state index contributed by atoms with van der Waals surface area (Å²) in [5, 5.41) is 9.50. The van der Waals surface area contributed by atoms with Gasteiger partial charge in [0, 0.05) is 39.3 Å². The van der Waals surface area contributed by atoms with Crippen molar-refractivity contribution in [2.75, 3.05) is 45.2 Å². The first-order chi connectivity index (χ1) is 15.1. The standard InChI is InChI=1S/C23H30FN5O2/c1-25-23(27-12-11-26-22(30)15-17-6-5-7-18(24)14-17)28-19-10-13-29(16-19)20-8-3-4-9-21(20)31-2/h3-9,14,19H,10-13,15-16H2,1-2H3,(H,26,30)(H2,25,27,28). The number of methoxy groups -OCH3 is 1. The quantitative estimate of drug-likeness (QED) is 0.341. The number of rotatable bonds is 8. The van der Waals surface area contributed by atoms with E-state index >= 15 is 0 Å². The van der Waals surface area contributed by atoms with Crippen LogP contribution in [0.2, 0.25) is 0 Å². The number of ether oxygens (including phenoxy) is 1. The van der Waals surface area contributed by atoms with E-state index < -0.39 is 0 Å². The molecule has 31 heavy (non-hydrogen) atoms. The minimum atomic E-state index is -0.335. The van der Waals surface area contributed by atoms with Crippen molar-refractivity contribution in [3.8, 4) is 5.75 Å². The highest BCUT2D eigenvalue weighted by Gasteiger charge is 2.25. The zero-order valence-corrected chi connectivity index (χ0v) is 18.0. The van der Waals surface area contributed by atoms with Crippen LogP contribution in [0, 0.1) is 5.82 Å². The van der Waals surface area contributed by atoms with Gasteiger partial charge in [-0.25, -0.2) is 4.39 Å². The zero-order valence-electron chi connectivity index (χ0n) is 18.0. The molecule has 0 bridgehead atoms. The van der Waals surface area contributed by atoms with Crippen molar-refractivity contribution in [2.45, 2.75) is 18.9 Å². The van der Waals surface area contributed by atoms with E-state index in [1.807, 2.05) is 18.2 Å². The Labute approximate surface area is 182 Å². The van der Waals surface area contributed by atoms with Gasteiger partial charge in [-0.2, -0.15) is 0 Å². The maximum atomic E-state index is 13.2. The molecule has 0 radical (unpaired) electrons. The van der Waals surface area contributed by atoms with Crippen LogP contribution in [-0.2, 0) is 11.2 Å². The lowest BCUT2D eigenvalue weighted by atomic mass is 10.1. The second kappa shape index (κ2) is 11.2. The summed E-state index contributed by atoms with van der Waals surface area (Å²) in [6.45, 7) is 2.78. The largest absolute Gasteiger partial charge is 0.495 e. The number of amides is 1. The number of guanidine groups is 1. The predicted molar refractivity (Wildman–Crippen MR) is 121 cm³/mol. The van der Waals surface area contributed by atoms with Gasteiger partial charge in [0.25, 0.3) is 0 Å². The Balaban J connectivity index is 1.38. The van der Waals surface area contributed by atoms with Crippen molar-refractivity contribution >= 4 is 17.6 Å². The first kappa shape index (κ1) is 22.4. The Morgan fingerprint density at radius 3 is 2.77 bits per heavy atom. The number of anilines is 1. The minimum Gasteiger partial charge on any atom is -0.495 e. The van der Waals surface area contributed by atoms with Crippen LogP contribution in [0.5, 0.6) is 5.75 Å². The van der Waals surface area contributed by atoms with Crippen LogP contribution in [0.15, 0.2) is 53.5 Å². The molecular formula is C23H30FN5O2. The van der Waals surface area contributed by atoms with Crippen molar-refractivity contribution < 1.29 is 13.9 Å². The third-order valence-electron chi connectivity index (χ3n) is 5.17. The fourth-order valence-electron chi connectivity index (χ4n) is 3.65. The third kappa shape index (κ3) is 6.60. The number of carbonyl (C=O) groups is 1. The topological polar surface area (TPSA) is 78.0 Å². The Morgan fingerprint density at radius 2 is 2.00 bits per heavy atom. The van der Waals surface area contributed by atoms with Crippen LogP contribution in [0.25, 0.3) is 0 Å². The number of benzene rings is 2. The third-order valence-corrected chi connectivity index (χ3v) is 5.17. The van der Waals surface area contributed by atoms with E-state index in [2.05, 4.69) is 31.9 Å². The van der Waals surface area contributed by atoms with Crippen LogP contribution in [0.3, 0.4) is 0 Å². The summed E-state index contributed by atoms with van der Waals surface area (Å²) in [7, 11) is 3.41. The summed E-state index contributed by atoms with van der Waals surface area (Å²) in [6, 6.07) is 14.4. The number of carbonyl (C=O) groups excluding carboxylic acids is 1. The molecule has 3 rings (SSSR count). The molecule has 1 amide bonds. The molecule has 8 heteroatoms. The van der Waals surface area contributed by atoms with Gasteiger partial charge in [0.15, 0.2) is 5.96 Å². The molecule has 0 aromatic heterocycles. The van der Waals surface area contributed by atoms with Gasteiger partial charge in [0.2, 0.25) is 5.91 Å². The molecule has 2 aromatic carbocycles. The Morgan fingerprint density at radius 1 is 1.19 bits per heavy atom. The summed E-state index contributed by atoms with van der Waals surface area (Å²) in [5.74, 6) is 1.10. The Kier molecular flexibility index (Phi) is 8.09. The van der Waals surface area contributed by atoms with E-state index in [0.717, 1.165) is 30.9 Å². The van der Waals surface area contributed by atoms with E-state index in [1.54, 1.807) is 26.3 Å². The molecule has 0 saturated carbocycles. The van der Waals surface area contributed by atoms with Crippen LogP contribution in [0.4, 0.5) is 10.1 Å². The highest BCUT2D eigenvalue weighted by Crippen LogP contribution is 2.30. The van der Waals surface area contributed by atoms with E-state index in [-0.39, 0.29) is 24.2 Å². The molecule has 1 aliphatic heterocycles. The number of hydrogen-bond acceptors (Lipinski definition) is 4. The van der Waals surface area contributed by atoms with Gasteiger partial charge in [-0.15, -0.1) is 0 Å². The fraction of sp³-hybridized carbons (Fsp3) is 0.391. The maximum Gasteiger partial charge on any atom is 0.224 e. The van der Waals surface area contributed by atoms with Gasteiger partial charge >= 0.3 is 0 Å². The summed E-state index contributed by atoms with van der Waals surface area (Å²) in [6.07, 6.45) is 1.15. The molecule has 1 saturated heterocycles. The second-order valence-electron chi connectivity index (χ2n) is 7.40. The van der Waals surface area contributed by atoms with Crippen molar-refractivity contribution in [1.29, 1.82) is 0 Å². The lowest BCUT2D eigenvalue weighted by molar-refractivity contribution is -0.120. The van der Waals surface area contributed by atoms with Crippen LogP contribution < -0.4 is 25.6 Å². The minimum absolute atomic E-state index is 0.140. The van der Waals surface area contributed by atoms with E-state index in [1.165, 1.54) is 12.1 Å². The molecule has 7 nitrogen and oxygen atoms in total. The molecule has 1 unspecified atom stereocenters. The molecule has 0 aliphatic carbocycles. The average Bonchev–Trinajstić information content (AvgIpc) is 3.24. The SMILES string of the molecule is CN=C(NCCNC(=O)Cc1cccc(F)c1)NC1CCN(c2ccccc2OC)C1. The van der Waals surface area contributed by atoms with E-state index in [4.69, 9.17) is 4.74 Å². The Hall–Kier alpha value is -3.29. The number of para-hydroxylation sites is 2. The first-order valence-electron chi connectivity index (χ1n) is 10.5. The lowest BCUT2D eigenvalue weighted by Gasteiger charge is -2.22. The average molecular weight is 428 g/mol. The predicted octanol–water partition coefficient (Wildman–Crippen LogP) is 1.94. The monoisotopic (exact) mass is 427 g/mol. The number of halogens is 1. The van der Waals surface area contributed by atoms with Crippen molar-refractivity contribution in [3.05, 3.63) is 59.9 Å². The van der Waals surface area contributed by atoms with Crippen molar-refractivity contribution in [3.63, 3.8) is 0 Å². The first-order valence-corrected chi connectivity index (χ1v) is 10.5. The van der Waals surface area contributed by atoms with Crippen molar-refractivity contribution in [1.82, 2.24) is 16.0 Å².